The quantitative estimate of drug-likeness (QED) is 0.767. The lowest BCUT2D eigenvalue weighted by atomic mass is 9.85. The van der Waals surface area contributed by atoms with Gasteiger partial charge in [-0.1, -0.05) is 12.1 Å². The molecule has 1 aromatic rings. The molecular weight excluding hydrogens is 190 g/mol. The average Bonchev–Trinajstić information content (AvgIpc) is 2.17. The van der Waals surface area contributed by atoms with Crippen LogP contribution in [0.2, 0.25) is 0 Å². The van der Waals surface area contributed by atoms with Crippen molar-refractivity contribution in [2.24, 2.45) is 5.41 Å². The van der Waals surface area contributed by atoms with Crippen molar-refractivity contribution < 1.29 is 9.90 Å². The number of pyridine rings is 1. The summed E-state index contributed by atoms with van der Waals surface area (Å²) in [6.45, 7) is 7.09. The fourth-order valence-electron chi connectivity index (χ4n) is 1.31. The molecule has 0 saturated heterocycles. The second-order valence-corrected chi connectivity index (χ2v) is 3.87. The Bertz CT molecular complexity index is 387. The van der Waals surface area contributed by atoms with Crippen LogP contribution in [-0.4, -0.2) is 16.1 Å². The lowest BCUT2D eigenvalue weighted by molar-refractivity contribution is -0.145. The number of carboxylic acids is 1. The van der Waals surface area contributed by atoms with E-state index in [1.165, 1.54) is 6.08 Å². The van der Waals surface area contributed by atoms with E-state index in [0.717, 1.165) is 11.4 Å². The molecule has 1 heterocycles. The Balaban J connectivity index is 2.93. The maximum Gasteiger partial charge on any atom is 0.313 e. The zero-order valence-electron chi connectivity index (χ0n) is 9.03. The standard InChI is InChI=1S/C12H15NO2/c1-4-12(3,11(14)15)8-10-7-5-6-9(2)13-10/h4-7H,1,8H2,2-3H3,(H,14,15). The third kappa shape index (κ3) is 2.65. The summed E-state index contributed by atoms with van der Waals surface area (Å²) < 4.78 is 0. The minimum atomic E-state index is -0.944. The van der Waals surface area contributed by atoms with Gasteiger partial charge >= 0.3 is 5.97 Å². The minimum Gasteiger partial charge on any atom is -0.481 e. The molecule has 3 heteroatoms. The lowest BCUT2D eigenvalue weighted by Gasteiger charge is -2.19. The first-order valence-electron chi connectivity index (χ1n) is 4.77. The molecule has 0 amide bonds. The van der Waals surface area contributed by atoms with E-state index in [1.807, 2.05) is 25.1 Å². The Labute approximate surface area is 89.5 Å². The topological polar surface area (TPSA) is 50.2 Å². The first-order chi connectivity index (χ1) is 6.98. The van der Waals surface area contributed by atoms with Crippen LogP contribution in [0.4, 0.5) is 0 Å². The zero-order chi connectivity index (χ0) is 11.5. The highest BCUT2D eigenvalue weighted by Crippen LogP contribution is 2.23. The normalized spacial score (nSPS) is 14.3. The number of hydrogen-bond donors (Lipinski definition) is 1. The van der Waals surface area contributed by atoms with Gasteiger partial charge in [0.25, 0.3) is 0 Å². The van der Waals surface area contributed by atoms with Gasteiger partial charge in [0.2, 0.25) is 0 Å². The number of nitrogens with zero attached hydrogens (tertiary/aromatic N) is 1. The van der Waals surface area contributed by atoms with E-state index in [2.05, 4.69) is 11.6 Å². The fourth-order valence-corrected chi connectivity index (χ4v) is 1.31. The van der Waals surface area contributed by atoms with Crippen LogP contribution in [0.15, 0.2) is 30.9 Å². The molecule has 0 fully saturated rings. The number of rotatable bonds is 4. The second kappa shape index (κ2) is 4.26. The molecule has 0 bridgehead atoms. The summed E-state index contributed by atoms with van der Waals surface area (Å²) in [6, 6.07) is 5.59. The number of hydrogen-bond acceptors (Lipinski definition) is 2. The third-order valence-electron chi connectivity index (χ3n) is 2.43. The van der Waals surface area contributed by atoms with Gasteiger partial charge in [-0.3, -0.25) is 9.78 Å². The molecule has 0 saturated carbocycles. The smallest absolute Gasteiger partial charge is 0.313 e. The van der Waals surface area contributed by atoms with E-state index >= 15 is 0 Å². The van der Waals surface area contributed by atoms with Crippen molar-refractivity contribution in [2.45, 2.75) is 20.3 Å². The predicted octanol–water partition coefficient (Wildman–Crippen LogP) is 2.21. The molecule has 0 spiro atoms. The number of aryl methyl sites for hydroxylation is 1. The van der Waals surface area contributed by atoms with Crippen LogP contribution in [0, 0.1) is 12.3 Å². The molecule has 1 atom stereocenters. The molecule has 80 valence electrons. The number of carbonyl (C=O) groups is 1. The highest BCUT2D eigenvalue weighted by atomic mass is 16.4. The molecule has 1 aromatic heterocycles. The van der Waals surface area contributed by atoms with Gasteiger partial charge in [-0.05, 0) is 26.0 Å². The monoisotopic (exact) mass is 205 g/mol. The van der Waals surface area contributed by atoms with Crippen LogP contribution in [0.5, 0.6) is 0 Å². The van der Waals surface area contributed by atoms with Gasteiger partial charge in [0, 0.05) is 17.8 Å². The fraction of sp³-hybridized carbons (Fsp3) is 0.333. The van der Waals surface area contributed by atoms with Crippen LogP contribution in [0.3, 0.4) is 0 Å². The molecule has 1 unspecified atom stereocenters. The largest absolute Gasteiger partial charge is 0.481 e. The van der Waals surface area contributed by atoms with Crippen molar-refractivity contribution in [3.05, 3.63) is 42.2 Å². The maximum atomic E-state index is 11.0. The van der Waals surface area contributed by atoms with Crippen LogP contribution >= 0.6 is 0 Å². The van der Waals surface area contributed by atoms with E-state index in [9.17, 15) is 4.79 Å². The molecule has 0 radical (unpaired) electrons. The van der Waals surface area contributed by atoms with E-state index in [0.29, 0.717) is 6.42 Å². The van der Waals surface area contributed by atoms with E-state index in [-0.39, 0.29) is 0 Å². The van der Waals surface area contributed by atoms with Crippen LogP contribution < -0.4 is 0 Å². The molecule has 0 aromatic carbocycles. The summed E-state index contributed by atoms with van der Waals surface area (Å²) in [5.74, 6) is -0.874. The summed E-state index contributed by atoms with van der Waals surface area (Å²) in [4.78, 5) is 15.3. The van der Waals surface area contributed by atoms with Gasteiger partial charge in [0.15, 0.2) is 0 Å². The van der Waals surface area contributed by atoms with Gasteiger partial charge in [-0.2, -0.15) is 0 Å². The van der Waals surface area contributed by atoms with E-state index < -0.39 is 11.4 Å². The molecule has 0 aliphatic heterocycles. The van der Waals surface area contributed by atoms with Gasteiger partial charge in [0.1, 0.15) is 0 Å². The van der Waals surface area contributed by atoms with Crippen molar-refractivity contribution in [1.82, 2.24) is 4.98 Å². The molecule has 0 aliphatic carbocycles. The van der Waals surface area contributed by atoms with Crippen LogP contribution in [0.1, 0.15) is 18.3 Å². The summed E-state index contributed by atoms with van der Waals surface area (Å²) in [7, 11) is 0. The lowest BCUT2D eigenvalue weighted by Crippen LogP contribution is -2.27. The van der Waals surface area contributed by atoms with Gasteiger partial charge < -0.3 is 5.11 Å². The molecular formula is C12H15NO2. The first-order valence-corrected chi connectivity index (χ1v) is 4.77. The van der Waals surface area contributed by atoms with E-state index in [1.54, 1.807) is 6.92 Å². The number of aromatic nitrogens is 1. The summed E-state index contributed by atoms with van der Waals surface area (Å²) in [5, 5.41) is 9.06. The Morgan fingerprint density at radius 2 is 2.33 bits per heavy atom. The van der Waals surface area contributed by atoms with Crippen LogP contribution in [-0.2, 0) is 11.2 Å². The summed E-state index contributed by atoms with van der Waals surface area (Å²) in [5.41, 5.74) is 0.727. The highest BCUT2D eigenvalue weighted by molar-refractivity contribution is 5.76. The van der Waals surface area contributed by atoms with Gasteiger partial charge in [0.05, 0.1) is 5.41 Å². The second-order valence-electron chi connectivity index (χ2n) is 3.87. The van der Waals surface area contributed by atoms with Crippen molar-refractivity contribution >= 4 is 5.97 Å². The molecule has 1 rings (SSSR count). The molecule has 3 nitrogen and oxygen atoms in total. The first kappa shape index (κ1) is 11.4. The SMILES string of the molecule is C=CC(C)(Cc1cccc(C)n1)C(=O)O. The zero-order valence-corrected chi connectivity index (χ0v) is 9.03. The molecule has 15 heavy (non-hydrogen) atoms. The summed E-state index contributed by atoms with van der Waals surface area (Å²) in [6.07, 6.45) is 1.83. The van der Waals surface area contributed by atoms with Gasteiger partial charge in [-0.15, -0.1) is 6.58 Å². The van der Waals surface area contributed by atoms with E-state index in [4.69, 9.17) is 5.11 Å². The minimum absolute atomic E-state index is 0.369. The van der Waals surface area contributed by atoms with Crippen molar-refractivity contribution in [1.29, 1.82) is 0 Å². The Morgan fingerprint density at radius 1 is 1.67 bits per heavy atom. The van der Waals surface area contributed by atoms with Crippen LogP contribution in [0.25, 0.3) is 0 Å². The Kier molecular flexibility index (Phi) is 3.24. The van der Waals surface area contributed by atoms with Crippen molar-refractivity contribution in [3.8, 4) is 0 Å². The molecule has 1 N–H and O–H groups in total. The van der Waals surface area contributed by atoms with Crippen molar-refractivity contribution in [3.63, 3.8) is 0 Å². The predicted molar refractivity (Wildman–Crippen MR) is 58.6 cm³/mol. The van der Waals surface area contributed by atoms with Gasteiger partial charge in [-0.25, -0.2) is 0 Å². The molecule has 0 aliphatic rings. The third-order valence-corrected chi connectivity index (χ3v) is 2.43. The number of carboxylic acid groups (broad SMARTS) is 1. The summed E-state index contributed by atoms with van der Waals surface area (Å²) >= 11 is 0. The maximum absolute atomic E-state index is 11.0. The van der Waals surface area contributed by atoms with Crippen molar-refractivity contribution in [2.75, 3.05) is 0 Å². The Morgan fingerprint density at radius 3 is 2.80 bits per heavy atom. The highest BCUT2D eigenvalue weighted by Gasteiger charge is 2.30. The Hall–Kier alpha value is -1.64. The number of aliphatic carboxylic acids is 1. The average molecular weight is 205 g/mol.